The first-order chi connectivity index (χ1) is 4.13. The summed E-state index contributed by atoms with van der Waals surface area (Å²) < 4.78 is 0. The van der Waals surface area contributed by atoms with E-state index in [9.17, 15) is 0 Å². The van der Waals surface area contributed by atoms with Gasteiger partial charge in [-0.25, -0.2) is 0 Å². The molecule has 0 spiro atoms. The second-order valence-corrected chi connectivity index (χ2v) is 9.60. The van der Waals surface area contributed by atoms with Crippen molar-refractivity contribution in [2.24, 2.45) is 0 Å². The molecule has 1 fully saturated rings. The third-order valence-corrected chi connectivity index (χ3v) is 7.64. The minimum absolute atomic E-state index is 0. The predicted molar refractivity (Wildman–Crippen MR) is 56.9 cm³/mol. The van der Waals surface area contributed by atoms with Gasteiger partial charge in [0.15, 0.2) is 0 Å². The van der Waals surface area contributed by atoms with Gasteiger partial charge in [-0.1, -0.05) is 45.3 Å². The van der Waals surface area contributed by atoms with Crippen molar-refractivity contribution in [3.63, 3.8) is 0 Å². The van der Waals surface area contributed by atoms with Crippen LogP contribution in [-0.2, 0) is 0 Å². The van der Waals surface area contributed by atoms with Gasteiger partial charge in [-0.2, -0.15) is 0 Å². The monoisotopic (exact) mass is 220 g/mol. The van der Waals surface area contributed by atoms with E-state index in [1.807, 2.05) is 0 Å². The molecule has 1 heterocycles. The van der Waals surface area contributed by atoms with Crippen molar-refractivity contribution in [3.05, 3.63) is 0 Å². The SMILES string of the molecule is CC1CCCC[Si]1(C)C.[GeH4]. The summed E-state index contributed by atoms with van der Waals surface area (Å²) in [4.78, 5) is 0. The van der Waals surface area contributed by atoms with E-state index in [1.54, 1.807) is 6.04 Å². The fourth-order valence-electron chi connectivity index (χ4n) is 1.67. The summed E-state index contributed by atoms with van der Waals surface area (Å²) in [6.07, 6.45) is 4.53. The summed E-state index contributed by atoms with van der Waals surface area (Å²) >= 11 is 0. The van der Waals surface area contributed by atoms with Gasteiger partial charge in [0.05, 0.1) is 8.07 Å². The number of rotatable bonds is 0. The summed E-state index contributed by atoms with van der Waals surface area (Å²) in [5.41, 5.74) is 1.09. The van der Waals surface area contributed by atoms with Gasteiger partial charge in [-0.15, -0.1) is 0 Å². The maximum atomic E-state index is 2.54. The van der Waals surface area contributed by atoms with Crippen molar-refractivity contribution in [2.45, 2.75) is 50.9 Å². The molecule has 1 aliphatic rings. The van der Waals surface area contributed by atoms with Crippen molar-refractivity contribution in [3.8, 4) is 0 Å². The van der Waals surface area contributed by atoms with Crippen LogP contribution in [0.25, 0.3) is 0 Å². The van der Waals surface area contributed by atoms with Crippen LogP contribution in [0, 0.1) is 0 Å². The zero-order chi connectivity index (χ0) is 6.91. The van der Waals surface area contributed by atoms with Gasteiger partial charge in [-0.05, 0) is 5.54 Å². The second-order valence-electron chi connectivity index (χ2n) is 4.14. The molecule has 0 amide bonds. The van der Waals surface area contributed by atoms with E-state index in [2.05, 4.69) is 20.0 Å². The Morgan fingerprint density at radius 3 is 2.10 bits per heavy atom. The van der Waals surface area contributed by atoms with Gasteiger partial charge in [0.25, 0.3) is 0 Å². The molecule has 2 heteroatoms. The Hall–Kier alpha value is 0.760. The molecule has 0 aromatic heterocycles. The van der Waals surface area contributed by atoms with E-state index < -0.39 is 8.07 Å². The van der Waals surface area contributed by atoms with Crippen molar-refractivity contribution in [1.82, 2.24) is 0 Å². The molecule has 1 unspecified atom stereocenters. The normalized spacial score (nSPS) is 30.9. The first kappa shape index (κ1) is 10.8. The zero-order valence-corrected chi connectivity index (χ0v) is 7.91. The average Bonchev–Trinajstić information content (AvgIpc) is 1.77. The summed E-state index contributed by atoms with van der Waals surface area (Å²) in [5, 5.41) is 0. The van der Waals surface area contributed by atoms with E-state index >= 15 is 0 Å². The Balaban J connectivity index is 0.000000810. The van der Waals surface area contributed by atoms with Crippen LogP contribution >= 0.6 is 0 Å². The standard InChI is InChI=1S/C8H18Si.GeH4/c1-8-6-4-5-7-9(8,2)3;/h8H,4-7H2,1-3H3;1H4. The summed E-state index contributed by atoms with van der Waals surface area (Å²) in [6.45, 7) is 7.53. The maximum absolute atomic E-state index is 2.54. The van der Waals surface area contributed by atoms with E-state index in [1.165, 1.54) is 19.3 Å². The molecule has 1 rings (SSSR count). The topological polar surface area (TPSA) is 0 Å². The molecule has 0 nitrogen and oxygen atoms in total. The minimum atomic E-state index is -0.694. The Kier molecular flexibility index (Phi) is 4.26. The molecular weight excluding hydrogens is 197 g/mol. The Morgan fingerprint density at radius 2 is 1.80 bits per heavy atom. The molecule has 0 aromatic carbocycles. The summed E-state index contributed by atoms with van der Waals surface area (Å²) in [5.74, 6) is 0. The molecule has 0 radical (unpaired) electrons. The molecule has 0 N–H and O–H groups in total. The Labute approximate surface area is 76.8 Å². The van der Waals surface area contributed by atoms with Gasteiger partial charge >= 0.3 is 17.6 Å². The predicted octanol–water partition coefficient (Wildman–Crippen LogP) is 1.82. The van der Waals surface area contributed by atoms with Gasteiger partial charge in [0.2, 0.25) is 0 Å². The number of hydrogen-bond acceptors (Lipinski definition) is 0. The van der Waals surface area contributed by atoms with Crippen LogP contribution in [0.4, 0.5) is 0 Å². The molecule has 0 saturated carbocycles. The van der Waals surface area contributed by atoms with Crippen molar-refractivity contribution in [2.75, 3.05) is 0 Å². The van der Waals surface area contributed by atoms with Crippen molar-refractivity contribution in [1.29, 1.82) is 0 Å². The van der Waals surface area contributed by atoms with Gasteiger partial charge < -0.3 is 0 Å². The van der Waals surface area contributed by atoms with Crippen LogP contribution in [0.2, 0.25) is 24.7 Å². The van der Waals surface area contributed by atoms with Gasteiger partial charge in [0, 0.05) is 0 Å². The number of hydrogen-bond donors (Lipinski definition) is 0. The quantitative estimate of drug-likeness (QED) is 0.545. The van der Waals surface area contributed by atoms with E-state index in [-0.39, 0.29) is 17.6 Å². The first-order valence-electron chi connectivity index (χ1n) is 4.13. The molecule has 0 aromatic rings. The van der Waals surface area contributed by atoms with Gasteiger partial charge in [0.1, 0.15) is 0 Å². The fourth-order valence-corrected chi connectivity index (χ4v) is 4.31. The van der Waals surface area contributed by atoms with E-state index in [4.69, 9.17) is 0 Å². The Morgan fingerprint density at radius 1 is 1.20 bits per heavy atom. The third kappa shape index (κ3) is 2.42. The van der Waals surface area contributed by atoms with E-state index in [0.29, 0.717) is 0 Å². The molecular formula is C8H22GeSi. The average molecular weight is 219 g/mol. The molecule has 62 valence electrons. The second kappa shape index (κ2) is 3.96. The van der Waals surface area contributed by atoms with Crippen molar-refractivity contribution >= 4 is 25.7 Å². The van der Waals surface area contributed by atoms with Crippen LogP contribution in [0.1, 0.15) is 26.2 Å². The van der Waals surface area contributed by atoms with Crippen LogP contribution in [0.5, 0.6) is 0 Å². The molecule has 1 saturated heterocycles. The molecule has 10 heavy (non-hydrogen) atoms. The van der Waals surface area contributed by atoms with Gasteiger partial charge in [-0.3, -0.25) is 0 Å². The molecule has 0 bridgehead atoms. The van der Waals surface area contributed by atoms with Crippen LogP contribution in [0.3, 0.4) is 0 Å². The zero-order valence-electron chi connectivity index (χ0n) is 6.91. The van der Waals surface area contributed by atoms with Crippen LogP contribution in [0.15, 0.2) is 0 Å². The molecule has 1 aliphatic heterocycles. The molecule has 0 aliphatic carbocycles. The summed E-state index contributed by atoms with van der Waals surface area (Å²) in [6, 6.07) is 1.58. The fraction of sp³-hybridized carbons (Fsp3) is 1.00. The summed E-state index contributed by atoms with van der Waals surface area (Å²) in [7, 11) is -0.694. The van der Waals surface area contributed by atoms with Crippen molar-refractivity contribution < 1.29 is 0 Å². The van der Waals surface area contributed by atoms with E-state index in [0.717, 1.165) is 5.54 Å². The molecule has 1 atom stereocenters. The van der Waals surface area contributed by atoms with Crippen LogP contribution < -0.4 is 0 Å². The first-order valence-corrected chi connectivity index (χ1v) is 7.41. The third-order valence-electron chi connectivity index (χ3n) is 3.04. The van der Waals surface area contributed by atoms with Crippen LogP contribution in [-0.4, -0.2) is 25.7 Å². The Bertz CT molecular complexity index is 101.